The van der Waals surface area contributed by atoms with Crippen LogP contribution < -0.4 is 10.6 Å². The SMILES string of the molecule is CSCC(C)(O)CNC(=O)CC1CCCNC1. The minimum absolute atomic E-state index is 0.0556. The van der Waals surface area contributed by atoms with Crippen molar-refractivity contribution in [3.8, 4) is 0 Å². The maximum Gasteiger partial charge on any atom is 0.220 e. The van der Waals surface area contributed by atoms with Gasteiger partial charge in [-0.3, -0.25) is 4.79 Å². The number of piperidine rings is 1. The average Bonchev–Trinajstić information content (AvgIpc) is 2.28. The molecule has 0 radical (unpaired) electrons. The fourth-order valence-electron chi connectivity index (χ4n) is 2.08. The summed E-state index contributed by atoms with van der Waals surface area (Å²) in [6.07, 6.45) is 4.80. The Morgan fingerprint density at radius 1 is 1.65 bits per heavy atom. The fraction of sp³-hybridized carbons (Fsp3) is 0.917. The molecule has 5 heteroatoms. The Bertz CT molecular complexity index is 241. The van der Waals surface area contributed by atoms with Crippen molar-refractivity contribution in [2.24, 2.45) is 5.92 Å². The van der Waals surface area contributed by atoms with Crippen LogP contribution in [0.1, 0.15) is 26.2 Å². The molecule has 0 aromatic carbocycles. The van der Waals surface area contributed by atoms with E-state index in [0.29, 0.717) is 24.6 Å². The van der Waals surface area contributed by atoms with Crippen LogP contribution in [0.25, 0.3) is 0 Å². The minimum atomic E-state index is -0.806. The van der Waals surface area contributed by atoms with Gasteiger partial charge in [-0.2, -0.15) is 11.8 Å². The third kappa shape index (κ3) is 6.29. The van der Waals surface area contributed by atoms with E-state index in [2.05, 4.69) is 10.6 Å². The minimum Gasteiger partial charge on any atom is -0.387 e. The predicted octanol–water partition coefficient (Wildman–Crippen LogP) is 0.606. The molecule has 2 unspecified atom stereocenters. The lowest BCUT2D eigenvalue weighted by Gasteiger charge is -2.25. The van der Waals surface area contributed by atoms with Gasteiger partial charge in [0.2, 0.25) is 5.91 Å². The van der Waals surface area contributed by atoms with E-state index in [1.807, 2.05) is 6.26 Å². The zero-order valence-electron chi connectivity index (χ0n) is 10.8. The van der Waals surface area contributed by atoms with Gasteiger partial charge in [0.05, 0.1) is 5.60 Å². The Balaban J connectivity index is 2.20. The molecule has 0 aromatic rings. The fourth-order valence-corrected chi connectivity index (χ4v) is 2.81. The summed E-state index contributed by atoms with van der Waals surface area (Å²) in [5.41, 5.74) is -0.806. The Morgan fingerprint density at radius 3 is 3.00 bits per heavy atom. The van der Waals surface area contributed by atoms with Gasteiger partial charge in [-0.05, 0) is 45.0 Å². The molecule has 1 amide bonds. The van der Waals surface area contributed by atoms with E-state index in [4.69, 9.17) is 0 Å². The number of amides is 1. The maximum atomic E-state index is 11.7. The summed E-state index contributed by atoms with van der Waals surface area (Å²) in [5.74, 6) is 1.15. The lowest BCUT2D eigenvalue weighted by molar-refractivity contribution is -0.123. The zero-order chi connectivity index (χ0) is 12.7. The maximum absolute atomic E-state index is 11.7. The van der Waals surface area contributed by atoms with E-state index in [0.717, 1.165) is 25.9 Å². The van der Waals surface area contributed by atoms with Crippen LogP contribution >= 0.6 is 11.8 Å². The van der Waals surface area contributed by atoms with Crippen LogP contribution in [-0.2, 0) is 4.79 Å². The molecular weight excluding hydrogens is 236 g/mol. The van der Waals surface area contributed by atoms with Gasteiger partial charge in [0, 0.05) is 18.7 Å². The molecule has 100 valence electrons. The summed E-state index contributed by atoms with van der Waals surface area (Å²) in [6.45, 7) is 4.11. The predicted molar refractivity (Wildman–Crippen MR) is 72.2 cm³/mol. The third-order valence-electron chi connectivity index (χ3n) is 2.99. The summed E-state index contributed by atoms with van der Waals surface area (Å²) in [4.78, 5) is 11.7. The first-order valence-electron chi connectivity index (χ1n) is 6.22. The second-order valence-electron chi connectivity index (χ2n) is 5.12. The molecule has 17 heavy (non-hydrogen) atoms. The van der Waals surface area contributed by atoms with Crippen molar-refractivity contribution in [3.05, 3.63) is 0 Å². The highest BCUT2D eigenvalue weighted by Crippen LogP contribution is 2.14. The van der Waals surface area contributed by atoms with Gasteiger partial charge in [0.15, 0.2) is 0 Å². The summed E-state index contributed by atoms with van der Waals surface area (Å²) in [7, 11) is 0. The van der Waals surface area contributed by atoms with Crippen molar-refractivity contribution in [2.45, 2.75) is 31.8 Å². The number of rotatable bonds is 6. The highest BCUT2D eigenvalue weighted by atomic mass is 32.2. The van der Waals surface area contributed by atoms with Gasteiger partial charge in [0.25, 0.3) is 0 Å². The van der Waals surface area contributed by atoms with Crippen molar-refractivity contribution in [1.29, 1.82) is 0 Å². The second-order valence-corrected chi connectivity index (χ2v) is 5.99. The van der Waals surface area contributed by atoms with Crippen LogP contribution in [0.4, 0.5) is 0 Å². The van der Waals surface area contributed by atoms with Gasteiger partial charge < -0.3 is 15.7 Å². The standard InChI is InChI=1S/C12H24N2O2S/c1-12(16,9-17-2)8-14-11(15)6-10-4-3-5-13-7-10/h10,13,16H,3-9H2,1-2H3,(H,14,15). The monoisotopic (exact) mass is 260 g/mol. The van der Waals surface area contributed by atoms with Gasteiger partial charge in [-0.25, -0.2) is 0 Å². The number of aliphatic hydroxyl groups is 1. The number of thioether (sulfide) groups is 1. The molecule has 0 spiro atoms. The van der Waals surface area contributed by atoms with Gasteiger partial charge in [-0.15, -0.1) is 0 Å². The zero-order valence-corrected chi connectivity index (χ0v) is 11.6. The molecule has 0 bridgehead atoms. The van der Waals surface area contributed by atoms with E-state index < -0.39 is 5.60 Å². The van der Waals surface area contributed by atoms with Crippen LogP contribution in [0.2, 0.25) is 0 Å². The lowest BCUT2D eigenvalue weighted by Crippen LogP contribution is -2.43. The highest BCUT2D eigenvalue weighted by molar-refractivity contribution is 7.98. The molecule has 4 nitrogen and oxygen atoms in total. The first-order valence-corrected chi connectivity index (χ1v) is 7.61. The van der Waals surface area contributed by atoms with Gasteiger partial charge in [-0.1, -0.05) is 0 Å². The number of nitrogens with one attached hydrogen (secondary N) is 2. The second kappa shape index (κ2) is 7.24. The summed E-state index contributed by atoms with van der Waals surface area (Å²) in [6, 6.07) is 0. The average molecular weight is 260 g/mol. The summed E-state index contributed by atoms with van der Waals surface area (Å²) >= 11 is 1.58. The van der Waals surface area contributed by atoms with Gasteiger partial charge >= 0.3 is 0 Å². The first-order chi connectivity index (χ1) is 8.03. The molecule has 1 aliphatic heterocycles. The number of hydrogen-bond donors (Lipinski definition) is 3. The van der Waals surface area contributed by atoms with Crippen LogP contribution in [0.3, 0.4) is 0 Å². The lowest BCUT2D eigenvalue weighted by atomic mass is 9.96. The molecule has 1 rings (SSSR count). The van der Waals surface area contributed by atoms with E-state index >= 15 is 0 Å². The topological polar surface area (TPSA) is 61.4 Å². The molecule has 1 saturated heterocycles. The van der Waals surface area contributed by atoms with Crippen molar-refractivity contribution in [1.82, 2.24) is 10.6 Å². The van der Waals surface area contributed by atoms with Crippen molar-refractivity contribution < 1.29 is 9.90 Å². The molecular formula is C12H24N2O2S. The number of carbonyl (C=O) groups is 1. The quantitative estimate of drug-likeness (QED) is 0.655. The Morgan fingerprint density at radius 2 is 2.41 bits per heavy atom. The summed E-state index contributed by atoms with van der Waals surface area (Å²) < 4.78 is 0. The molecule has 0 saturated carbocycles. The van der Waals surface area contributed by atoms with Gasteiger partial charge in [0.1, 0.15) is 0 Å². The smallest absolute Gasteiger partial charge is 0.220 e. The summed E-state index contributed by atoms with van der Waals surface area (Å²) in [5, 5.41) is 16.0. The first kappa shape index (κ1) is 14.8. The third-order valence-corrected chi connectivity index (χ3v) is 3.91. The van der Waals surface area contributed by atoms with E-state index in [9.17, 15) is 9.90 Å². The van der Waals surface area contributed by atoms with Crippen LogP contribution in [-0.4, -0.2) is 48.3 Å². The molecule has 1 heterocycles. The van der Waals surface area contributed by atoms with Crippen LogP contribution in [0.5, 0.6) is 0 Å². The Kier molecular flexibility index (Phi) is 6.30. The largest absolute Gasteiger partial charge is 0.387 e. The van der Waals surface area contributed by atoms with E-state index in [1.54, 1.807) is 18.7 Å². The van der Waals surface area contributed by atoms with Crippen molar-refractivity contribution in [2.75, 3.05) is 31.6 Å². The van der Waals surface area contributed by atoms with Crippen molar-refractivity contribution in [3.63, 3.8) is 0 Å². The molecule has 3 N–H and O–H groups in total. The highest BCUT2D eigenvalue weighted by Gasteiger charge is 2.22. The normalized spacial score (nSPS) is 24.1. The van der Waals surface area contributed by atoms with E-state index in [1.165, 1.54) is 0 Å². The van der Waals surface area contributed by atoms with E-state index in [-0.39, 0.29) is 5.91 Å². The van der Waals surface area contributed by atoms with Crippen molar-refractivity contribution >= 4 is 17.7 Å². The number of hydrogen-bond acceptors (Lipinski definition) is 4. The molecule has 2 atom stereocenters. The van der Waals surface area contributed by atoms with Crippen LogP contribution in [0, 0.1) is 5.92 Å². The molecule has 1 aliphatic rings. The molecule has 1 fully saturated rings. The Hall–Kier alpha value is -0.260. The molecule has 0 aliphatic carbocycles. The number of carbonyl (C=O) groups excluding carboxylic acids is 1. The Labute approximate surface area is 108 Å². The molecule has 0 aromatic heterocycles. The van der Waals surface area contributed by atoms with Crippen LogP contribution in [0.15, 0.2) is 0 Å².